The molecule has 100 valence electrons. The normalized spacial score (nSPS) is 17.2. The molecule has 1 aliphatic rings. The van der Waals surface area contributed by atoms with Gasteiger partial charge in [0.15, 0.2) is 5.78 Å². The van der Waals surface area contributed by atoms with Crippen LogP contribution < -0.4 is 4.74 Å². The number of carbonyl (C=O) groups is 1. The number of nitrogens with zero attached hydrogens (tertiary/aromatic N) is 1. The number of likely N-dealkylation sites (N-methyl/N-ethyl adjacent to an activating group) is 1. The van der Waals surface area contributed by atoms with Gasteiger partial charge >= 0.3 is 0 Å². The smallest absolute Gasteiger partial charge is 0.163 e. The minimum Gasteiger partial charge on any atom is -0.497 e. The Morgan fingerprint density at radius 2 is 2.16 bits per heavy atom. The third kappa shape index (κ3) is 3.25. The van der Waals surface area contributed by atoms with E-state index in [0.29, 0.717) is 12.0 Å². The van der Waals surface area contributed by atoms with Gasteiger partial charge in [0.25, 0.3) is 0 Å². The summed E-state index contributed by atoms with van der Waals surface area (Å²) in [6.45, 7) is 0. The Labute approximate surface area is 114 Å². The molecular formula is C16H19NO2. The van der Waals surface area contributed by atoms with Gasteiger partial charge in [0.05, 0.1) is 7.11 Å². The van der Waals surface area contributed by atoms with Crippen molar-refractivity contribution < 1.29 is 9.53 Å². The average Bonchev–Trinajstić information content (AvgIpc) is 2.87. The Hall–Kier alpha value is -2.03. The van der Waals surface area contributed by atoms with Gasteiger partial charge < -0.3 is 9.64 Å². The maximum atomic E-state index is 12.2. The molecule has 0 fully saturated rings. The van der Waals surface area contributed by atoms with Crippen LogP contribution in [0.4, 0.5) is 0 Å². The predicted octanol–water partition coefficient (Wildman–Crippen LogP) is 2.90. The van der Waals surface area contributed by atoms with Gasteiger partial charge in [-0.15, -0.1) is 0 Å². The summed E-state index contributed by atoms with van der Waals surface area (Å²) in [5.41, 5.74) is 1.86. The molecule has 19 heavy (non-hydrogen) atoms. The highest BCUT2D eigenvalue weighted by molar-refractivity contribution is 5.96. The Balaban J connectivity index is 2.04. The highest BCUT2D eigenvalue weighted by Crippen LogP contribution is 2.23. The number of hydrogen-bond acceptors (Lipinski definition) is 3. The van der Waals surface area contributed by atoms with E-state index < -0.39 is 0 Å². The van der Waals surface area contributed by atoms with Crippen molar-refractivity contribution in [3.63, 3.8) is 0 Å². The second-order valence-electron chi connectivity index (χ2n) is 4.87. The summed E-state index contributed by atoms with van der Waals surface area (Å²) < 4.78 is 5.14. The lowest BCUT2D eigenvalue weighted by atomic mass is 9.99. The van der Waals surface area contributed by atoms with Gasteiger partial charge in [-0.1, -0.05) is 24.3 Å². The molecule has 0 radical (unpaired) electrons. The minimum absolute atomic E-state index is 0.143. The summed E-state index contributed by atoms with van der Waals surface area (Å²) in [6.07, 6.45) is 6.76. The third-order valence-corrected chi connectivity index (χ3v) is 3.23. The summed E-state index contributed by atoms with van der Waals surface area (Å²) in [5.74, 6) is 1.05. The van der Waals surface area contributed by atoms with Gasteiger partial charge in [-0.25, -0.2) is 0 Å². The highest BCUT2D eigenvalue weighted by atomic mass is 16.5. The SMILES string of the molecule is COc1cccc(C(=O)CC2C=CC(N(C)C)=C2)c1. The van der Waals surface area contributed by atoms with Crippen molar-refractivity contribution in [2.75, 3.05) is 21.2 Å². The molecule has 1 aromatic carbocycles. The zero-order valence-electron chi connectivity index (χ0n) is 11.6. The van der Waals surface area contributed by atoms with Crippen LogP contribution in [0.25, 0.3) is 0 Å². The maximum Gasteiger partial charge on any atom is 0.163 e. The number of ketones is 1. The van der Waals surface area contributed by atoms with Gasteiger partial charge in [0, 0.05) is 37.7 Å². The van der Waals surface area contributed by atoms with E-state index >= 15 is 0 Å². The molecule has 1 unspecified atom stereocenters. The maximum absolute atomic E-state index is 12.2. The van der Waals surface area contributed by atoms with Crippen molar-refractivity contribution in [1.29, 1.82) is 0 Å². The zero-order chi connectivity index (χ0) is 13.8. The van der Waals surface area contributed by atoms with E-state index in [1.807, 2.05) is 37.2 Å². The largest absolute Gasteiger partial charge is 0.497 e. The van der Waals surface area contributed by atoms with Crippen LogP contribution in [0, 0.1) is 5.92 Å². The molecule has 0 saturated heterocycles. The summed E-state index contributed by atoms with van der Waals surface area (Å²) in [4.78, 5) is 14.3. The zero-order valence-corrected chi connectivity index (χ0v) is 11.6. The fraction of sp³-hybridized carbons (Fsp3) is 0.312. The van der Waals surface area contributed by atoms with Gasteiger partial charge in [0.2, 0.25) is 0 Å². The lowest BCUT2D eigenvalue weighted by Gasteiger charge is -2.11. The Kier molecular flexibility index (Phi) is 4.05. The van der Waals surface area contributed by atoms with Crippen LogP contribution in [0.15, 0.2) is 48.2 Å². The van der Waals surface area contributed by atoms with Crippen LogP contribution in [0.5, 0.6) is 5.75 Å². The first-order valence-corrected chi connectivity index (χ1v) is 6.35. The molecule has 0 N–H and O–H groups in total. The van der Waals surface area contributed by atoms with Gasteiger partial charge in [0.1, 0.15) is 5.75 Å². The molecule has 0 spiro atoms. The highest BCUT2D eigenvalue weighted by Gasteiger charge is 2.16. The molecule has 0 saturated carbocycles. The van der Waals surface area contributed by atoms with Crippen molar-refractivity contribution in [3.8, 4) is 5.75 Å². The lowest BCUT2D eigenvalue weighted by Crippen LogP contribution is -2.08. The van der Waals surface area contributed by atoms with Crippen molar-refractivity contribution >= 4 is 5.78 Å². The number of rotatable bonds is 5. The Morgan fingerprint density at radius 1 is 1.37 bits per heavy atom. The standard InChI is InChI=1S/C16H19NO2/c1-17(2)14-8-7-12(9-14)10-16(18)13-5-4-6-15(11-13)19-3/h4-9,11-12H,10H2,1-3H3. The molecule has 1 aliphatic carbocycles. The van der Waals surface area contributed by atoms with Crippen molar-refractivity contribution in [3.05, 3.63) is 53.8 Å². The molecule has 0 aromatic heterocycles. The third-order valence-electron chi connectivity index (χ3n) is 3.23. The first kappa shape index (κ1) is 13.4. The van der Waals surface area contributed by atoms with Crippen LogP contribution in [0.3, 0.4) is 0 Å². The molecular weight excluding hydrogens is 238 g/mol. The van der Waals surface area contributed by atoms with Gasteiger partial charge in [-0.05, 0) is 18.2 Å². The number of hydrogen-bond donors (Lipinski definition) is 0. The van der Waals surface area contributed by atoms with Gasteiger partial charge in [-0.3, -0.25) is 4.79 Å². The van der Waals surface area contributed by atoms with E-state index in [0.717, 1.165) is 11.4 Å². The molecule has 3 heteroatoms. The van der Waals surface area contributed by atoms with Crippen molar-refractivity contribution in [2.24, 2.45) is 5.92 Å². The molecule has 0 heterocycles. The lowest BCUT2D eigenvalue weighted by molar-refractivity contribution is 0.0975. The summed E-state index contributed by atoms with van der Waals surface area (Å²) in [7, 11) is 5.61. The van der Waals surface area contributed by atoms with Crippen LogP contribution in [0.1, 0.15) is 16.8 Å². The van der Waals surface area contributed by atoms with E-state index in [-0.39, 0.29) is 11.7 Å². The number of ether oxygens (including phenoxy) is 1. The summed E-state index contributed by atoms with van der Waals surface area (Å²) >= 11 is 0. The van der Waals surface area contributed by atoms with E-state index in [4.69, 9.17) is 4.74 Å². The van der Waals surface area contributed by atoms with E-state index in [2.05, 4.69) is 18.2 Å². The monoisotopic (exact) mass is 257 g/mol. The summed E-state index contributed by atoms with van der Waals surface area (Å²) in [6, 6.07) is 7.31. The molecule has 0 bridgehead atoms. The molecule has 0 aliphatic heterocycles. The van der Waals surface area contributed by atoms with E-state index in [1.54, 1.807) is 13.2 Å². The summed E-state index contributed by atoms with van der Waals surface area (Å²) in [5, 5.41) is 0. The molecule has 3 nitrogen and oxygen atoms in total. The van der Waals surface area contributed by atoms with E-state index in [9.17, 15) is 4.79 Å². The number of methoxy groups -OCH3 is 1. The topological polar surface area (TPSA) is 29.5 Å². The van der Waals surface area contributed by atoms with Crippen LogP contribution in [-0.2, 0) is 0 Å². The number of carbonyl (C=O) groups excluding carboxylic acids is 1. The number of Topliss-reactive ketones (excluding diaryl/α,β-unsaturated/α-hetero) is 1. The predicted molar refractivity (Wildman–Crippen MR) is 76.3 cm³/mol. The fourth-order valence-electron chi connectivity index (χ4n) is 2.11. The van der Waals surface area contributed by atoms with Gasteiger partial charge in [-0.2, -0.15) is 0 Å². The first-order valence-electron chi connectivity index (χ1n) is 6.35. The average molecular weight is 257 g/mol. The molecule has 1 aromatic rings. The minimum atomic E-state index is 0.143. The first-order chi connectivity index (χ1) is 9.10. The second-order valence-corrected chi connectivity index (χ2v) is 4.87. The molecule has 1 atom stereocenters. The second kappa shape index (κ2) is 5.74. The van der Waals surface area contributed by atoms with Crippen molar-refractivity contribution in [1.82, 2.24) is 4.90 Å². The van der Waals surface area contributed by atoms with Crippen LogP contribution in [-0.4, -0.2) is 31.9 Å². The quantitative estimate of drug-likeness (QED) is 0.760. The Bertz CT molecular complexity index is 529. The number of allylic oxidation sites excluding steroid dienone is 3. The van der Waals surface area contributed by atoms with Crippen molar-refractivity contribution in [2.45, 2.75) is 6.42 Å². The van der Waals surface area contributed by atoms with Crippen LogP contribution >= 0.6 is 0 Å². The van der Waals surface area contributed by atoms with Crippen LogP contribution in [0.2, 0.25) is 0 Å². The Morgan fingerprint density at radius 3 is 2.79 bits per heavy atom. The molecule has 2 rings (SSSR count). The molecule has 0 amide bonds. The van der Waals surface area contributed by atoms with E-state index in [1.165, 1.54) is 0 Å². The fourth-order valence-corrected chi connectivity index (χ4v) is 2.11. The number of benzene rings is 1.